The Morgan fingerprint density at radius 2 is 1.87 bits per heavy atom. The number of hydrogen-bond donors (Lipinski definition) is 1. The van der Waals surface area contributed by atoms with E-state index in [4.69, 9.17) is 5.73 Å². The summed E-state index contributed by atoms with van der Waals surface area (Å²) in [6, 6.07) is 10.9. The van der Waals surface area contributed by atoms with Crippen LogP contribution in [0.2, 0.25) is 0 Å². The fraction of sp³-hybridized carbons (Fsp3) is 0.632. The molecule has 0 spiro atoms. The number of carbonyl (C=O) groups excluding carboxylic acids is 1. The molecule has 2 fully saturated rings. The zero-order chi connectivity index (χ0) is 16.2. The zero-order valence-electron chi connectivity index (χ0n) is 14.2. The first kappa shape index (κ1) is 16.5. The summed E-state index contributed by atoms with van der Waals surface area (Å²) in [5.74, 6) is 1.01. The quantitative estimate of drug-likeness (QED) is 0.923. The standard InChI is InChI=1S/C19H29N3O/c1-15(19(23)22-12-9-18(20)14-22)21-10-7-17(8-11-21)13-16-5-3-2-4-6-16/h2-6,15,17-18H,7-14,20H2,1H3/t15?,18-/m1/s1. The molecule has 0 aliphatic carbocycles. The molecule has 1 amide bonds. The molecule has 4 nitrogen and oxygen atoms in total. The first-order chi connectivity index (χ1) is 11.1. The number of nitrogens with two attached hydrogens (primary N) is 1. The van der Waals surface area contributed by atoms with Gasteiger partial charge in [0, 0.05) is 19.1 Å². The Kier molecular flexibility index (Phi) is 5.34. The third kappa shape index (κ3) is 4.12. The average molecular weight is 315 g/mol. The van der Waals surface area contributed by atoms with Gasteiger partial charge in [-0.15, -0.1) is 0 Å². The van der Waals surface area contributed by atoms with Crippen LogP contribution in [-0.4, -0.2) is 54.0 Å². The molecular formula is C19H29N3O. The van der Waals surface area contributed by atoms with Crippen molar-refractivity contribution in [3.8, 4) is 0 Å². The van der Waals surface area contributed by atoms with Crippen molar-refractivity contribution in [3.63, 3.8) is 0 Å². The van der Waals surface area contributed by atoms with Gasteiger partial charge < -0.3 is 10.6 Å². The molecular weight excluding hydrogens is 286 g/mol. The molecule has 0 bridgehead atoms. The highest BCUT2D eigenvalue weighted by molar-refractivity contribution is 5.81. The molecule has 1 aromatic carbocycles. The van der Waals surface area contributed by atoms with E-state index in [-0.39, 0.29) is 18.0 Å². The Morgan fingerprint density at radius 1 is 1.17 bits per heavy atom. The molecule has 126 valence electrons. The van der Waals surface area contributed by atoms with Crippen molar-refractivity contribution in [2.45, 2.75) is 44.7 Å². The molecule has 2 saturated heterocycles. The van der Waals surface area contributed by atoms with Crippen molar-refractivity contribution in [2.75, 3.05) is 26.2 Å². The van der Waals surface area contributed by atoms with Gasteiger partial charge in [0.1, 0.15) is 0 Å². The van der Waals surface area contributed by atoms with Crippen molar-refractivity contribution in [3.05, 3.63) is 35.9 Å². The van der Waals surface area contributed by atoms with Gasteiger partial charge in [0.2, 0.25) is 5.91 Å². The highest BCUT2D eigenvalue weighted by Crippen LogP contribution is 2.23. The second kappa shape index (κ2) is 7.45. The van der Waals surface area contributed by atoms with Crippen molar-refractivity contribution in [1.82, 2.24) is 9.80 Å². The lowest BCUT2D eigenvalue weighted by atomic mass is 9.89. The maximum absolute atomic E-state index is 12.6. The van der Waals surface area contributed by atoms with Crippen LogP contribution < -0.4 is 5.73 Å². The van der Waals surface area contributed by atoms with Crippen LogP contribution in [0.25, 0.3) is 0 Å². The number of nitrogens with zero attached hydrogens (tertiary/aromatic N) is 2. The summed E-state index contributed by atoms with van der Waals surface area (Å²) in [6.07, 6.45) is 4.48. The van der Waals surface area contributed by atoms with E-state index in [0.717, 1.165) is 44.9 Å². The predicted molar refractivity (Wildman–Crippen MR) is 93.1 cm³/mol. The number of hydrogen-bond acceptors (Lipinski definition) is 3. The molecule has 1 aromatic rings. The van der Waals surface area contributed by atoms with Crippen LogP contribution in [-0.2, 0) is 11.2 Å². The largest absolute Gasteiger partial charge is 0.340 e. The molecule has 23 heavy (non-hydrogen) atoms. The third-order valence-electron chi connectivity index (χ3n) is 5.46. The summed E-state index contributed by atoms with van der Waals surface area (Å²) in [5.41, 5.74) is 7.36. The summed E-state index contributed by atoms with van der Waals surface area (Å²) >= 11 is 0. The van der Waals surface area contributed by atoms with Gasteiger partial charge in [-0.1, -0.05) is 30.3 Å². The molecule has 2 aliphatic rings. The summed E-state index contributed by atoms with van der Waals surface area (Å²) in [4.78, 5) is 16.9. The van der Waals surface area contributed by atoms with Gasteiger partial charge in [0.25, 0.3) is 0 Å². The minimum atomic E-state index is -0.00187. The van der Waals surface area contributed by atoms with E-state index in [1.807, 2.05) is 4.90 Å². The Labute approximate surface area is 139 Å². The molecule has 0 aromatic heterocycles. The number of likely N-dealkylation sites (tertiary alicyclic amines) is 2. The van der Waals surface area contributed by atoms with E-state index in [2.05, 4.69) is 42.2 Å². The first-order valence-corrected chi connectivity index (χ1v) is 8.96. The van der Waals surface area contributed by atoms with Crippen LogP contribution in [0.5, 0.6) is 0 Å². The summed E-state index contributed by atoms with van der Waals surface area (Å²) in [5, 5.41) is 0. The maximum Gasteiger partial charge on any atom is 0.239 e. The second-order valence-corrected chi connectivity index (χ2v) is 7.18. The van der Waals surface area contributed by atoms with Crippen LogP contribution >= 0.6 is 0 Å². The van der Waals surface area contributed by atoms with Gasteiger partial charge in [-0.05, 0) is 57.2 Å². The van der Waals surface area contributed by atoms with E-state index in [9.17, 15) is 4.79 Å². The van der Waals surface area contributed by atoms with Crippen LogP contribution in [0, 0.1) is 5.92 Å². The molecule has 0 radical (unpaired) electrons. The normalized spacial score (nSPS) is 24.8. The monoisotopic (exact) mass is 315 g/mol. The Bertz CT molecular complexity index is 511. The minimum Gasteiger partial charge on any atom is -0.340 e. The minimum absolute atomic E-state index is 0.00187. The van der Waals surface area contributed by atoms with Crippen molar-refractivity contribution in [1.29, 1.82) is 0 Å². The van der Waals surface area contributed by atoms with Gasteiger partial charge in [-0.25, -0.2) is 0 Å². The van der Waals surface area contributed by atoms with Crippen LogP contribution in [0.4, 0.5) is 0 Å². The SMILES string of the molecule is CC(C(=O)N1CC[C@@H](N)C1)N1CCC(Cc2ccccc2)CC1. The highest BCUT2D eigenvalue weighted by atomic mass is 16.2. The predicted octanol–water partition coefficient (Wildman–Crippen LogP) is 1.89. The topological polar surface area (TPSA) is 49.6 Å². The van der Waals surface area contributed by atoms with E-state index < -0.39 is 0 Å². The average Bonchev–Trinajstić information content (AvgIpc) is 3.02. The molecule has 2 N–H and O–H groups in total. The number of benzene rings is 1. The van der Waals surface area contributed by atoms with Crippen molar-refractivity contribution in [2.24, 2.45) is 11.7 Å². The smallest absolute Gasteiger partial charge is 0.239 e. The van der Waals surface area contributed by atoms with Gasteiger partial charge in [0.15, 0.2) is 0 Å². The molecule has 1 unspecified atom stereocenters. The second-order valence-electron chi connectivity index (χ2n) is 7.18. The number of rotatable bonds is 4. The molecule has 0 saturated carbocycles. The van der Waals surface area contributed by atoms with E-state index in [0.29, 0.717) is 0 Å². The molecule has 2 heterocycles. The third-order valence-corrected chi connectivity index (χ3v) is 5.46. The highest BCUT2D eigenvalue weighted by Gasteiger charge is 2.32. The van der Waals surface area contributed by atoms with Crippen LogP contribution in [0.15, 0.2) is 30.3 Å². The molecule has 4 heteroatoms. The van der Waals surface area contributed by atoms with Crippen molar-refractivity contribution < 1.29 is 4.79 Å². The fourth-order valence-corrected chi connectivity index (χ4v) is 3.90. The van der Waals surface area contributed by atoms with Gasteiger partial charge in [-0.3, -0.25) is 9.69 Å². The summed E-state index contributed by atoms with van der Waals surface area (Å²) in [7, 11) is 0. The lowest BCUT2D eigenvalue weighted by Gasteiger charge is -2.36. The molecule has 2 aliphatic heterocycles. The maximum atomic E-state index is 12.6. The van der Waals surface area contributed by atoms with Crippen LogP contribution in [0.1, 0.15) is 31.7 Å². The number of piperidine rings is 1. The molecule has 2 atom stereocenters. The summed E-state index contributed by atoms with van der Waals surface area (Å²) in [6.45, 7) is 5.68. The Balaban J connectivity index is 1.47. The van der Waals surface area contributed by atoms with E-state index in [1.165, 1.54) is 18.4 Å². The lowest BCUT2D eigenvalue weighted by Crippen LogP contribution is -2.49. The number of carbonyl (C=O) groups is 1. The zero-order valence-corrected chi connectivity index (χ0v) is 14.2. The van der Waals surface area contributed by atoms with Gasteiger partial charge >= 0.3 is 0 Å². The Hall–Kier alpha value is -1.39. The van der Waals surface area contributed by atoms with E-state index >= 15 is 0 Å². The van der Waals surface area contributed by atoms with Gasteiger partial charge in [-0.2, -0.15) is 0 Å². The van der Waals surface area contributed by atoms with Gasteiger partial charge in [0.05, 0.1) is 6.04 Å². The van der Waals surface area contributed by atoms with Crippen molar-refractivity contribution >= 4 is 5.91 Å². The number of amides is 1. The fourth-order valence-electron chi connectivity index (χ4n) is 3.90. The molecule has 3 rings (SSSR count). The van der Waals surface area contributed by atoms with Crippen LogP contribution in [0.3, 0.4) is 0 Å². The lowest BCUT2D eigenvalue weighted by molar-refractivity contribution is -0.135. The van der Waals surface area contributed by atoms with E-state index in [1.54, 1.807) is 0 Å². The summed E-state index contributed by atoms with van der Waals surface area (Å²) < 4.78 is 0. The first-order valence-electron chi connectivity index (χ1n) is 8.96. The Morgan fingerprint density at radius 3 is 2.48 bits per heavy atom.